The normalized spacial score (nSPS) is 18.1. The van der Waals surface area contributed by atoms with Crippen LogP contribution in [-0.2, 0) is 15.8 Å². The maximum atomic E-state index is 13.1. The minimum Gasteiger partial charge on any atom is -0.355 e. The first-order valence-corrected chi connectivity index (χ1v) is 11.9. The van der Waals surface area contributed by atoms with Crippen molar-refractivity contribution < 1.29 is 22.8 Å². The molecule has 0 N–H and O–H groups in total. The van der Waals surface area contributed by atoms with E-state index in [-0.39, 0.29) is 17.7 Å². The Morgan fingerprint density at radius 2 is 1.63 bits per heavy atom. The third-order valence-corrected chi connectivity index (χ3v) is 6.58. The smallest absolute Gasteiger partial charge is 0.355 e. The summed E-state index contributed by atoms with van der Waals surface area (Å²) in [4.78, 5) is 35.2. The van der Waals surface area contributed by atoms with Crippen LogP contribution in [0.5, 0.6) is 0 Å². The molecular formula is C26H29F3N4O2. The van der Waals surface area contributed by atoms with Gasteiger partial charge in [-0.25, -0.2) is 4.98 Å². The second-order valence-electron chi connectivity index (χ2n) is 8.91. The molecule has 2 amide bonds. The fraction of sp³-hybridized carbons (Fsp3) is 0.423. The first-order valence-electron chi connectivity index (χ1n) is 11.9. The number of likely N-dealkylation sites (tertiary alicyclic amines) is 1. The number of amides is 2. The average Bonchev–Trinajstić information content (AvgIpc) is 3.13. The van der Waals surface area contributed by atoms with Crippen molar-refractivity contribution in [2.24, 2.45) is 5.92 Å². The van der Waals surface area contributed by atoms with Crippen LogP contribution in [0, 0.1) is 5.92 Å². The van der Waals surface area contributed by atoms with Gasteiger partial charge in [0, 0.05) is 57.5 Å². The van der Waals surface area contributed by atoms with Gasteiger partial charge < -0.3 is 14.7 Å². The standard InChI is InChI=1S/C26H29F3N4O2/c27-26(28,29)22-8-9-23(30-19-22)31-13-4-14-33(18-17-31)25(35)21-11-15-32(16-12-21)24(34)10-7-20-5-2-1-3-6-20/h1-3,5-10,19,21H,4,11-18H2/b10-7+. The van der Waals surface area contributed by atoms with E-state index in [2.05, 4.69) is 4.98 Å². The molecule has 0 spiro atoms. The van der Waals surface area contributed by atoms with E-state index < -0.39 is 11.7 Å². The lowest BCUT2D eigenvalue weighted by molar-refractivity contribution is -0.139. The summed E-state index contributed by atoms with van der Waals surface area (Å²) < 4.78 is 38.4. The van der Waals surface area contributed by atoms with Gasteiger partial charge in [0.2, 0.25) is 11.8 Å². The molecule has 2 aromatic rings. The highest BCUT2D eigenvalue weighted by molar-refractivity contribution is 5.92. The molecule has 2 aliphatic rings. The van der Waals surface area contributed by atoms with Crippen LogP contribution in [0.2, 0.25) is 0 Å². The van der Waals surface area contributed by atoms with Crippen molar-refractivity contribution in [3.63, 3.8) is 0 Å². The first-order chi connectivity index (χ1) is 16.8. The molecule has 0 saturated carbocycles. The molecule has 0 unspecified atom stereocenters. The number of hydrogen-bond acceptors (Lipinski definition) is 4. The fourth-order valence-electron chi connectivity index (χ4n) is 4.55. The van der Waals surface area contributed by atoms with E-state index >= 15 is 0 Å². The topological polar surface area (TPSA) is 56.8 Å². The van der Waals surface area contributed by atoms with E-state index in [1.165, 1.54) is 6.07 Å². The number of piperidine rings is 1. The Kier molecular flexibility index (Phi) is 7.73. The molecule has 2 saturated heterocycles. The number of aromatic nitrogens is 1. The van der Waals surface area contributed by atoms with Gasteiger partial charge in [0.25, 0.3) is 0 Å². The number of halogens is 3. The van der Waals surface area contributed by atoms with Crippen molar-refractivity contribution >= 4 is 23.7 Å². The number of pyridine rings is 1. The molecule has 0 radical (unpaired) electrons. The van der Waals surface area contributed by atoms with Gasteiger partial charge >= 0.3 is 6.18 Å². The number of alkyl halides is 3. The van der Waals surface area contributed by atoms with Crippen molar-refractivity contribution in [2.45, 2.75) is 25.4 Å². The summed E-state index contributed by atoms with van der Waals surface area (Å²) in [6.45, 7) is 3.34. The number of carbonyl (C=O) groups is 2. The van der Waals surface area contributed by atoms with E-state index in [1.54, 1.807) is 17.1 Å². The van der Waals surface area contributed by atoms with Crippen LogP contribution < -0.4 is 4.90 Å². The van der Waals surface area contributed by atoms with Crippen LogP contribution in [0.4, 0.5) is 19.0 Å². The zero-order valence-corrected chi connectivity index (χ0v) is 19.5. The van der Waals surface area contributed by atoms with E-state index in [0.717, 1.165) is 24.2 Å². The van der Waals surface area contributed by atoms with Gasteiger partial charge in [0.15, 0.2) is 0 Å². The summed E-state index contributed by atoms with van der Waals surface area (Å²) in [6.07, 6.45) is 1.80. The molecule has 0 atom stereocenters. The first kappa shape index (κ1) is 24.8. The van der Waals surface area contributed by atoms with Gasteiger partial charge in [-0.15, -0.1) is 0 Å². The van der Waals surface area contributed by atoms with Gasteiger partial charge in [0.1, 0.15) is 5.82 Å². The molecular weight excluding hydrogens is 457 g/mol. The maximum absolute atomic E-state index is 13.1. The fourth-order valence-corrected chi connectivity index (χ4v) is 4.55. The summed E-state index contributed by atoms with van der Waals surface area (Å²) in [7, 11) is 0. The minimum absolute atomic E-state index is 0.0470. The number of nitrogens with zero attached hydrogens (tertiary/aromatic N) is 4. The quantitative estimate of drug-likeness (QED) is 0.611. The van der Waals surface area contributed by atoms with Crippen molar-refractivity contribution in [1.29, 1.82) is 0 Å². The lowest BCUT2D eigenvalue weighted by Crippen LogP contribution is -2.45. The summed E-state index contributed by atoms with van der Waals surface area (Å²) in [5.74, 6) is 0.420. The monoisotopic (exact) mass is 486 g/mol. The summed E-state index contributed by atoms with van der Waals surface area (Å²) >= 11 is 0. The SMILES string of the molecule is O=C(/C=C/c1ccccc1)N1CCC(C(=O)N2CCCN(c3ccc(C(F)(F)F)cn3)CC2)CC1. The second-order valence-corrected chi connectivity index (χ2v) is 8.91. The Hall–Kier alpha value is -3.36. The largest absolute Gasteiger partial charge is 0.417 e. The summed E-state index contributed by atoms with van der Waals surface area (Å²) in [5.41, 5.74) is 0.195. The minimum atomic E-state index is -4.41. The predicted octanol–water partition coefficient (Wildman–Crippen LogP) is 4.09. The molecule has 3 heterocycles. The molecule has 0 aliphatic carbocycles. The van der Waals surface area contributed by atoms with Gasteiger partial charge in [-0.3, -0.25) is 9.59 Å². The van der Waals surface area contributed by atoms with Crippen LogP contribution in [0.1, 0.15) is 30.4 Å². The van der Waals surface area contributed by atoms with E-state index in [4.69, 9.17) is 0 Å². The number of benzene rings is 1. The van der Waals surface area contributed by atoms with E-state index in [0.29, 0.717) is 57.9 Å². The van der Waals surface area contributed by atoms with Gasteiger partial charge in [0.05, 0.1) is 5.56 Å². The molecule has 1 aromatic heterocycles. The third-order valence-electron chi connectivity index (χ3n) is 6.58. The van der Waals surface area contributed by atoms with Gasteiger partial charge in [-0.2, -0.15) is 13.2 Å². The maximum Gasteiger partial charge on any atom is 0.417 e. The van der Waals surface area contributed by atoms with Crippen molar-refractivity contribution in [2.75, 3.05) is 44.2 Å². The highest BCUT2D eigenvalue weighted by Crippen LogP contribution is 2.29. The highest BCUT2D eigenvalue weighted by atomic mass is 19.4. The van der Waals surface area contributed by atoms with E-state index in [9.17, 15) is 22.8 Å². The molecule has 2 fully saturated rings. The van der Waals surface area contributed by atoms with Gasteiger partial charge in [-0.1, -0.05) is 30.3 Å². The number of rotatable bonds is 4. The molecule has 0 bridgehead atoms. The Labute approximate surface area is 203 Å². The zero-order valence-electron chi connectivity index (χ0n) is 19.5. The van der Waals surface area contributed by atoms with Gasteiger partial charge in [-0.05, 0) is 43.0 Å². The number of hydrogen-bond donors (Lipinski definition) is 0. The number of carbonyl (C=O) groups excluding carboxylic acids is 2. The van der Waals surface area contributed by atoms with Crippen LogP contribution in [0.25, 0.3) is 6.08 Å². The lowest BCUT2D eigenvalue weighted by atomic mass is 9.95. The van der Waals surface area contributed by atoms with Crippen molar-refractivity contribution in [1.82, 2.24) is 14.8 Å². The highest BCUT2D eigenvalue weighted by Gasteiger charge is 2.32. The Bertz CT molecular complexity index is 1030. The number of anilines is 1. The van der Waals surface area contributed by atoms with Crippen molar-refractivity contribution in [3.8, 4) is 0 Å². The van der Waals surface area contributed by atoms with E-state index in [1.807, 2.05) is 40.1 Å². The predicted molar refractivity (Wildman–Crippen MR) is 127 cm³/mol. The molecule has 35 heavy (non-hydrogen) atoms. The zero-order chi connectivity index (χ0) is 24.8. The molecule has 1 aromatic carbocycles. The van der Waals surface area contributed by atoms with Crippen LogP contribution >= 0.6 is 0 Å². The Balaban J connectivity index is 1.26. The van der Waals surface area contributed by atoms with Crippen LogP contribution in [-0.4, -0.2) is 65.9 Å². The Morgan fingerprint density at radius 3 is 2.29 bits per heavy atom. The molecule has 6 nitrogen and oxygen atoms in total. The van der Waals surface area contributed by atoms with Crippen molar-refractivity contribution in [3.05, 3.63) is 65.9 Å². The second kappa shape index (κ2) is 10.9. The van der Waals surface area contributed by atoms with Crippen LogP contribution in [0.3, 0.4) is 0 Å². The molecule has 9 heteroatoms. The molecule has 2 aliphatic heterocycles. The average molecular weight is 487 g/mol. The molecule has 4 rings (SSSR count). The summed E-state index contributed by atoms with van der Waals surface area (Å²) in [6, 6.07) is 12.1. The summed E-state index contributed by atoms with van der Waals surface area (Å²) in [5, 5.41) is 0. The Morgan fingerprint density at radius 1 is 0.886 bits per heavy atom. The third kappa shape index (κ3) is 6.41. The lowest BCUT2D eigenvalue weighted by Gasteiger charge is -2.33. The van der Waals surface area contributed by atoms with Crippen LogP contribution in [0.15, 0.2) is 54.7 Å². The molecule has 186 valence electrons.